The van der Waals surface area contributed by atoms with Crippen LogP contribution in [0.3, 0.4) is 0 Å². The van der Waals surface area contributed by atoms with Crippen LogP contribution < -0.4 is 5.32 Å². The molecule has 0 amide bonds. The van der Waals surface area contributed by atoms with Crippen LogP contribution >= 0.6 is 0 Å². The molecule has 23 heavy (non-hydrogen) atoms. The third-order valence-corrected chi connectivity index (χ3v) is 4.90. The number of aromatic nitrogens is 1. The molecule has 1 saturated heterocycles. The lowest BCUT2D eigenvalue weighted by atomic mass is 10.00. The summed E-state index contributed by atoms with van der Waals surface area (Å²) in [5.74, 6) is 0.543. The fraction of sp³-hybridized carbons (Fsp3) is 0.579. The topological polar surface area (TPSA) is 40.4 Å². The molecule has 0 spiro atoms. The Labute approximate surface area is 139 Å². The van der Waals surface area contributed by atoms with Crippen LogP contribution in [0.2, 0.25) is 0 Å². The second-order valence-corrected chi connectivity index (χ2v) is 6.84. The lowest BCUT2D eigenvalue weighted by Crippen LogP contribution is -2.44. The quantitative estimate of drug-likeness (QED) is 0.858. The summed E-state index contributed by atoms with van der Waals surface area (Å²) in [7, 11) is 0. The maximum Gasteiger partial charge on any atom is 0.0610 e. The monoisotopic (exact) mass is 315 g/mol. The fourth-order valence-electron chi connectivity index (χ4n) is 3.45. The highest BCUT2D eigenvalue weighted by Gasteiger charge is 2.13. The highest BCUT2D eigenvalue weighted by molar-refractivity contribution is 5.85. The van der Waals surface area contributed by atoms with Crippen LogP contribution in [-0.4, -0.2) is 53.9 Å². The summed E-state index contributed by atoms with van der Waals surface area (Å²) >= 11 is 0. The van der Waals surface area contributed by atoms with Crippen molar-refractivity contribution in [2.24, 2.45) is 0 Å². The maximum atomic E-state index is 9.33. The van der Waals surface area contributed by atoms with Crippen molar-refractivity contribution in [2.75, 3.05) is 39.3 Å². The van der Waals surface area contributed by atoms with E-state index in [1.807, 2.05) is 0 Å². The molecule has 3 rings (SSSR count). The van der Waals surface area contributed by atoms with E-state index in [1.54, 1.807) is 0 Å². The van der Waals surface area contributed by atoms with E-state index in [-0.39, 0.29) is 6.61 Å². The zero-order valence-electron chi connectivity index (χ0n) is 14.4. The van der Waals surface area contributed by atoms with E-state index in [2.05, 4.69) is 53.0 Å². The molecule has 0 aliphatic carbocycles. The second kappa shape index (κ2) is 7.47. The molecule has 4 heteroatoms. The van der Waals surface area contributed by atoms with Gasteiger partial charge in [0.15, 0.2) is 0 Å². The number of hydrogen-bond donors (Lipinski definition) is 2. The van der Waals surface area contributed by atoms with E-state index in [0.717, 1.165) is 39.1 Å². The minimum atomic E-state index is 0.187. The molecule has 126 valence electrons. The predicted octanol–water partition coefficient (Wildman–Crippen LogP) is 2.20. The molecule has 0 unspecified atom stereocenters. The Balaban J connectivity index is 1.85. The third kappa shape index (κ3) is 3.77. The van der Waals surface area contributed by atoms with E-state index < -0.39 is 0 Å². The number of rotatable bonds is 6. The number of benzene rings is 1. The van der Waals surface area contributed by atoms with Crippen molar-refractivity contribution in [3.8, 4) is 0 Å². The SMILES string of the molecule is CC(C)c1ccc2c(c1)c(CCN1CCNCC1)cn2CCO. The van der Waals surface area contributed by atoms with Crippen LogP contribution in [0.25, 0.3) is 10.9 Å². The Bertz CT molecular complexity index is 641. The summed E-state index contributed by atoms with van der Waals surface area (Å²) in [6.45, 7) is 11.0. The van der Waals surface area contributed by atoms with Gasteiger partial charge in [0.05, 0.1) is 6.61 Å². The first kappa shape index (κ1) is 16.5. The van der Waals surface area contributed by atoms with Gasteiger partial charge < -0.3 is 19.9 Å². The standard InChI is InChI=1S/C19H29N3O/c1-15(2)16-3-4-19-18(13-16)17(14-22(19)11-12-23)5-8-21-9-6-20-7-10-21/h3-4,13-15,20,23H,5-12H2,1-2H3. The molecule has 4 nitrogen and oxygen atoms in total. The van der Waals surface area contributed by atoms with Crippen molar-refractivity contribution < 1.29 is 5.11 Å². The number of nitrogens with zero attached hydrogens (tertiary/aromatic N) is 2. The number of hydrogen-bond acceptors (Lipinski definition) is 3. The van der Waals surface area contributed by atoms with Crippen molar-refractivity contribution in [3.63, 3.8) is 0 Å². The Kier molecular flexibility index (Phi) is 5.36. The normalized spacial score (nSPS) is 16.5. The van der Waals surface area contributed by atoms with Crippen LogP contribution in [-0.2, 0) is 13.0 Å². The third-order valence-electron chi connectivity index (χ3n) is 4.90. The van der Waals surface area contributed by atoms with Gasteiger partial charge in [0.1, 0.15) is 0 Å². The Morgan fingerprint density at radius 2 is 1.96 bits per heavy atom. The average molecular weight is 315 g/mol. The molecule has 2 aromatic rings. The van der Waals surface area contributed by atoms with Crippen LogP contribution in [0.4, 0.5) is 0 Å². The van der Waals surface area contributed by atoms with Crippen molar-refractivity contribution in [3.05, 3.63) is 35.5 Å². The van der Waals surface area contributed by atoms with Crippen LogP contribution in [0.1, 0.15) is 30.9 Å². The molecule has 2 heterocycles. The van der Waals surface area contributed by atoms with Crippen molar-refractivity contribution in [1.29, 1.82) is 0 Å². The van der Waals surface area contributed by atoms with Crippen molar-refractivity contribution in [1.82, 2.24) is 14.8 Å². The molecular weight excluding hydrogens is 286 g/mol. The lowest BCUT2D eigenvalue weighted by molar-refractivity contribution is 0.244. The molecule has 1 aliphatic heterocycles. The highest BCUT2D eigenvalue weighted by Crippen LogP contribution is 2.26. The van der Waals surface area contributed by atoms with Gasteiger partial charge in [-0.3, -0.25) is 0 Å². The van der Waals surface area contributed by atoms with Gasteiger partial charge in [-0.05, 0) is 35.6 Å². The summed E-state index contributed by atoms with van der Waals surface area (Å²) in [5.41, 5.74) is 4.05. The van der Waals surface area contributed by atoms with E-state index in [1.165, 1.54) is 22.0 Å². The maximum absolute atomic E-state index is 9.33. The fourth-order valence-corrected chi connectivity index (χ4v) is 3.45. The molecule has 1 aromatic carbocycles. The molecule has 0 saturated carbocycles. The zero-order chi connectivity index (χ0) is 16.2. The van der Waals surface area contributed by atoms with Crippen LogP contribution in [0.5, 0.6) is 0 Å². The molecule has 1 aliphatic rings. The van der Waals surface area contributed by atoms with Gasteiger partial charge in [-0.25, -0.2) is 0 Å². The van der Waals surface area contributed by atoms with Gasteiger partial charge in [0, 0.05) is 56.4 Å². The van der Waals surface area contributed by atoms with Crippen molar-refractivity contribution in [2.45, 2.75) is 32.7 Å². The Morgan fingerprint density at radius 3 is 2.65 bits per heavy atom. The Morgan fingerprint density at radius 1 is 1.17 bits per heavy atom. The van der Waals surface area contributed by atoms with Gasteiger partial charge in [-0.15, -0.1) is 0 Å². The molecule has 0 radical (unpaired) electrons. The molecule has 2 N–H and O–H groups in total. The number of aliphatic hydroxyl groups is 1. The first-order valence-electron chi connectivity index (χ1n) is 8.84. The molecule has 1 fully saturated rings. The molecular formula is C19H29N3O. The van der Waals surface area contributed by atoms with E-state index in [4.69, 9.17) is 0 Å². The smallest absolute Gasteiger partial charge is 0.0610 e. The van der Waals surface area contributed by atoms with Gasteiger partial charge in [0.25, 0.3) is 0 Å². The predicted molar refractivity (Wildman–Crippen MR) is 96.1 cm³/mol. The number of nitrogens with one attached hydrogen (secondary N) is 1. The molecule has 0 atom stereocenters. The summed E-state index contributed by atoms with van der Waals surface area (Å²) in [6.07, 6.45) is 3.32. The lowest BCUT2D eigenvalue weighted by Gasteiger charge is -2.27. The largest absolute Gasteiger partial charge is 0.395 e. The number of piperazine rings is 1. The van der Waals surface area contributed by atoms with E-state index in [9.17, 15) is 5.11 Å². The molecule has 1 aromatic heterocycles. The van der Waals surface area contributed by atoms with Gasteiger partial charge in [0.2, 0.25) is 0 Å². The van der Waals surface area contributed by atoms with E-state index in [0.29, 0.717) is 12.5 Å². The van der Waals surface area contributed by atoms with Crippen molar-refractivity contribution >= 4 is 10.9 Å². The average Bonchev–Trinajstić information content (AvgIpc) is 2.91. The number of fused-ring (bicyclic) bond motifs is 1. The summed E-state index contributed by atoms with van der Waals surface area (Å²) in [5, 5.41) is 14.1. The first-order valence-corrected chi connectivity index (χ1v) is 8.84. The minimum Gasteiger partial charge on any atom is -0.395 e. The highest BCUT2D eigenvalue weighted by atomic mass is 16.3. The minimum absolute atomic E-state index is 0.187. The van der Waals surface area contributed by atoms with Gasteiger partial charge in [-0.1, -0.05) is 19.9 Å². The van der Waals surface area contributed by atoms with Crippen LogP contribution in [0, 0.1) is 0 Å². The van der Waals surface area contributed by atoms with Gasteiger partial charge in [-0.2, -0.15) is 0 Å². The van der Waals surface area contributed by atoms with E-state index >= 15 is 0 Å². The first-order chi connectivity index (χ1) is 11.2. The Hall–Kier alpha value is -1.36. The van der Waals surface area contributed by atoms with Gasteiger partial charge >= 0.3 is 0 Å². The summed E-state index contributed by atoms with van der Waals surface area (Å²) in [6, 6.07) is 6.79. The van der Waals surface area contributed by atoms with Crippen LogP contribution in [0.15, 0.2) is 24.4 Å². The number of aliphatic hydroxyl groups excluding tert-OH is 1. The second-order valence-electron chi connectivity index (χ2n) is 6.84. The molecule has 0 bridgehead atoms. The zero-order valence-corrected chi connectivity index (χ0v) is 14.4. The summed E-state index contributed by atoms with van der Waals surface area (Å²) in [4.78, 5) is 2.54. The summed E-state index contributed by atoms with van der Waals surface area (Å²) < 4.78 is 2.20.